The van der Waals surface area contributed by atoms with Crippen molar-refractivity contribution in [3.05, 3.63) is 47.3 Å². The molecule has 6 heteroatoms. The standard InChI is InChI=1S/C15H18N4OS/c1-4-19-13(9-10(2)17-19)15(20)18(3)12-8-6-5-7-11(12)14(16)21/h5-9H,4H2,1-3H3,(H2,16,21). The Morgan fingerprint density at radius 3 is 2.71 bits per heavy atom. The lowest BCUT2D eigenvalue weighted by molar-refractivity contribution is 0.0983. The number of carbonyl (C=O) groups excluding carboxylic acids is 1. The third kappa shape index (κ3) is 2.95. The van der Waals surface area contributed by atoms with E-state index in [1.54, 1.807) is 22.7 Å². The Hall–Kier alpha value is -2.21. The summed E-state index contributed by atoms with van der Waals surface area (Å²) in [7, 11) is 1.71. The highest BCUT2D eigenvalue weighted by Crippen LogP contribution is 2.21. The third-order valence-electron chi connectivity index (χ3n) is 3.26. The molecule has 0 saturated heterocycles. The molecule has 1 amide bonds. The highest BCUT2D eigenvalue weighted by atomic mass is 32.1. The van der Waals surface area contributed by atoms with Crippen LogP contribution in [0.2, 0.25) is 0 Å². The lowest BCUT2D eigenvalue weighted by atomic mass is 10.1. The van der Waals surface area contributed by atoms with Crippen LogP contribution in [0.3, 0.4) is 0 Å². The number of benzene rings is 1. The SMILES string of the molecule is CCn1nc(C)cc1C(=O)N(C)c1ccccc1C(N)=S. The lowest BCUT2D eigenvalue weighted by Crippen LogP contribution is -2.30. The van der Waals surface area contributed by atoms with Crippen LogP contribution in [-0.2, 0) is 6.54 Å². The van der Waals surface area contributed by atoms with Crippen molar-refractivity contribution in [2.75, 3.05) is 11.9 Å². The fourth-order valence-corrected chi connectivity index (χ4v) is 2.39. The van der Waals surface area contributed by atoms with Crippen LogP contribution in [0.1, 0.15) is 28.7 Å². The van der Waals surface area contributed by atoms with E-state index in [0.717, 1.165) is 5.69 Å². The van der Waals surface area contributed by atoms with Crippen molar-refractivity contribution in [1.82, 2.24) is 9.78 Å². The van der Waals surface area contributed by atoms with Crippen LogP contribution in [0.5, 0.6) is 0 Å². The van der Waals surface area contributed by atoms with E-state index in [4.69, 9.17) is 18.0 Å². The number of aryl methyl sites for hydroxylation is 2. The highest BCUT2D eigenvalue weighted by molar-refractivity contribution is 7.80. The first-order chi connectivity index (χ1) is 9.95. The summed E-state index contributed by atoms with van der Waals surface area (Å²) < 4.78 is 1.69. The van der Waals surface area contributed by atoms with Gasteiger partial charge in [-0.3, -0.25) is 9.48 Å². The van der Waals surface area contributed by atoms with Crippen LogP contribution in [0, 0.1) is 6.92 Å². The number of rotatable bonds is 4. The highest BCUT2D eigenvalue weighted by Gasteiger charge is 2.20. The molecule has 21 heavy (non-hydrogen) atoms. The number of hydrogen-bond donors (Lipinski definition) is 1. The Morgan fingerprint density at radius 1 is 1.43 bits per heavy atom. The zero-order chi connectivity index (χ0) is 15.6. The summed E-state index contributed by atoms with van der Waals surface area (Å²) >= 11 is 5.05. The summed E-state index contributed by atoms with van der Waals surface area (Å²) in [6.07, 6.45) is 0. The zero-order valence-electron chi connectivity index (χ0n) is 12.3. The molecule has 0 radical (unpaired) electrons. The van der Waals surface area contributed by atoms with Gasteiger partial charge in [0.15, 0.2) is 0 Å². The van der Waals surface area contributed by atoms with Crippen molar-refractivity contribution >= 4 is 28.8 Å². The van der Waals surface area contributed by atoms with E-state index in [0.29, 0.717) is 23.5 Å². The summed E-state index contributed by atoms with van der Waals surface area (Å²) in [6.45, 7) is 4.46. The number of amides is 1. The number of para-hydroxylation sites is 1. The summed E-state index contributed by atoms with van der Waals surface area (Å²) in [4.78, 5) is 14.5. The van der Waals surface area contributed by atoms with E-state index in [-0.39, 0.29) is 10.9 Å². The van der Waals surface area contributed by atoms with Gasteiger partial charge in [0.1, 0.15) is 10.7 Å². The molecule has 0 atom stereocenters. The smallest absolute Gasteiger partial charge is 0.276 e. The second-order valence-corrected chi connectivity index (χ2v) is 5.17. The van der Waals surface area contributed by atoms with Gasteiger partial charge in [-0.1, -0.05) is 24.4 Å². The van der Waals surface area contributed by atoms with Crippen molar-refractivity contribution < 1.29 is 4.79 Å². The molecular formula is C15H18N4OS. The van der Waals surface area contributed by atoms with Gasteiger partial charge in [-0.15, -0.1) is 0 Å². The Morgan fingerprint density at radius 2 is 2.10 bits per heavy atom. The van der Waals surface area contributed by atoms with Gasteiger partial charge in [-0.05, 0) is 32.0 Å². The van der Waals surface area contributed by atoms with Crippen LogP contribution in [0.25, 0.3) is 0 Å². The van der Waals surface area contributed by atoms with Crippen molar-refractivity contribution in [3.8, 4) is 0 Å². The molecule has 0 unspecified atom stereocenters. The Labute approximate surface area is 129 Å². The maximum absolute atomic E-state index is 12.7. The van der Waals surface area contributed by atoms with Crippen molar-refractivity contribution in [1.29, 1.82) is 0 Å². The minimum absolute atomic E-state index is 0.138. The van der Waals surface area contributed by atoms with E-state index >= 15 is 0 Å². The number of anilines is 1. The van der Waals surface area contributed by atoms with Crippen LogP contribution >= 0.6 is 12.2 Å². The van der Waals surface area contributed by atoms with Gasteiger partial charge < -0.3 is 10.6 Å². The molecule has 0 saturated carbocycles. The first-order valence-electron chi connectivity index (χ1n) is 6.67. The molecule has 0 aliphatic heterocycles. The van der Waals surface area contributed by atoms with E-state index in [1.807, 2.05) is 38.1 Å². The van der Waals surface area contributed by atoms with Crippen LogP contribution in [0.15, 0.2) is 30.3 Å². The maximum Gasteiger partial charge on any atom is 0.276 e. The molecule has 110 valence electrons. The number of aromatic nitrogens is 2. The number of nitrogens with two attached hydrogens (primary N) is 1. The number of carbonyl (C=O) groups is 1. The molecule has 2 rings (SSSR count). The molecule has 0 aliphatic carbocycles. The molecule has 0 spiro atoms. The number of thiocarbonyl (C=S) groups is 1. The predicted octanol–water partition coefficient (Wildman–Crippen LogP) is 2.12. The van der Waals surface area contributed by atoms with E-state index in [2.05, 4.69) is 5.10 Å². The quantitative estimate of drug-likeness (QED) is 0.879. The third-order valence-corrected chi connectivity index (χ3v) is 3.48. The van der Waals surface area contributed by atoms with Gasteiger partial charge in [-0.25, -0.2) is 0 Å². The van der Waals surface area contributed by atoms with Gasteiger partial charge in [-0.2, -0.15) is 5.10 Å². The molecule has 2 aromatic rings. The minimum Gasteiger partial charge on any atom is -0.389 e. The summed E-state index contributed by atoms with van der Waals surface area (Å²) in [5, 5.41) is 4.30. The Balaban J connectivity index is 2.42. The Bertz CT molecular complexity index is 693. The van der Waals surface area contributed by atoms with Crippen molar-refractivity contribution in [2.24, 2.45) is 5.73 Å². The van der Waals surface area contributed by atoms with Crippen molar-refractivity contribution in [3.63, 3.8) is 0 Å². The predicted molar refractivity (Wildman–Crippen MR) is 87.7 cm³/mol. The number of hydrogen-bond acceptors (Lipinski definition) is 3. The fraction of sp³-hybridized carbons (Fsp3) is 0.267. The zero-order valence-corrected chi connectivity index (χ0v) is 13.1. The fourth-order valence-electron chi connectivity index (χ4n) is 2.21. The van der Waals surface area contributed by atoms with Gasteiger partial charge >= 0.3 is 0 Å². The average Bonchev–Trinajstić information content (AvgIpc) is 2.86. The monoisotopic (exact) mass is 302 g/mol. The molecule has 1 aromatic heterocycles. The van der Waals surface area contributed by atoms with Crippen LogP contribution in [-0.4, -0.2) is 27.7 Å². The lowest BCUT2D eigenvalue weighted by Gasteiger charge is -2.20. The largest absolute Gasteiger partial charge is 0.389 e. The summed E-state index contributed by atoms with van der Waals surface area (Å²) in [5.41, 5.74) is 8.47. The Kier molecular flexibility index (Phi) is 4.37. The molecule has 1 aromatic carbocycles. The van der Waals surface area contributed by atoms with Gasteiger partial charge in [0, 0.05) is 19.2 Å². The second-order valence-electron chi connectivity index (χ2n) is 4.73. The molecule has 1 heterocycles. The van der Waals surface area contributed by atoms with Gasteiger partial charge in [0.2, 0.25) is 0 Å². The van der Waals surface area contributed by atoms with E-state index in [1.165, 1.54) is 0 Å². The first kappa shape index (κ1) is 15.2. The molecule has 0 bridgehead atoms. The molecule has 0 aliphatic rings. The van der Waals surface area contributed by atoms with E-state index in [9.17, 15) is 4.79 Å². The first-order valence-corrected chi connectivity index (χ1v) is 7.07. The molecular weight excluding hydrogens is 284 g/mol. The second kappa shape index (κ2) is 6.05. The topological polar surface area (TPSA) is 64.2 Å². The van der Waals surface area contributed by atoms with Gasteiger partial charge in [0.05, 0.1) is 11.4 Å². The average molecular weight is 302 g/mol. The van der Waals surface area contributed by atoms with Gasteiger partial charge in [0.25, 0.3) is 5.91 Å². The van der Waals surface area contributed by atoms with Crippen molar-refractivity contribution in [2.45, 2.75) is 20.4 Å². The maximum atomic E-state index is 12.7. The van der Waals surface area contributed by atoms with E-state index < -0.39 is 0 Å². The summed E-state index contributed by atoms with van der Waals surface area (Å²) in [5.74, 6) is -0.138. The minimum atomic E-state index is -0.138. The molecule has 2 N–H and O–H groups in total. The van der Waals surface area contributed by atoms with Crippen LogP contribution < -0.4 is 10.6 Å². The van der Waals surface area contributed by atoms with Crippen LogP contribution in [0.4, 0.5) is 5.69 Å². The number of nitrogens with zero attached hydrogens (tertiary/aromatic N) is 3. The normalized spacial score (nSPS) is 10.4. The molecule has 0 fully saturated rings. The molecule has 5 nitrogen and oxygen atoms in total. The summed E-state index contributed by atoms with van der Waals surface area (Å²) in [6, 6.07) is 9.11.